The van der Waals surface area contributed by atoms with Gasteiger partial charge in [0.25, 0.3) is 0 Å². The van der Waals surface area contributed by atoms with Crippen molar-refractivity contribution < 1.29 is 14.2 Å². The minimum Gasteiger partial charge on any atom is -0.461 e. The van der Waals surface area contributed by atoms with Crippen molar-refractivity contribution in [3.63, 3.8) is 0 Å². The van der Waals surface area contributed by atoms with Gasteiger partial charge in [0.15, 0.2) is 0 Å². The molecule has 1 saturated heterocycles. The van der Waals surface area contributed by atoms with Gasteiger partial charge in [-0.25, -0.2) is 0 Å². The van der Waals surface area contributed by atoms with E-state index in [0.717, 1.165) is 0 Å². The van der Waals surface area contributed by atoms with E-state index in [-0.39, 0.29) is 29.6 Å². The summed E-state index contributed by atoms with van der Waals surface area (Å²) in [5.74, 6) is 0.474. The molecule has 0 aliphatic carbocycles. The Morgan fingerprint density at radius 3 is 2.20 bits per heavy atom. The van der Waals surface area contributed by atoms with E-state index in [1.165, 1.54) is 0 Å². The third kappa shape index (κ3) is 3.47. The van der Waals surface area contributed by atoms with E-state index < -0.39 is 0 Å². The van der Waals surface area contributed by atoms with Crippen LogP contribution in [-0.4, -0.2) is 60.6 Å². The molecule has 20 heavy (non-hydrogen) atoms. The van der Waals surface area contributed by atoms with E-state index in [9.17, 15) is 0 Å². The Hall–Kier alpha value is -1.18. The first kappa shape index (κ1) is 15.2. The van der Waals surface area contributed by atoms with Crippen LogP contribution in [0.1, 0.15) is 13.8 Å². The normalized spacial score (nSPS) is 22.6. The van der Waals surface area contributed by atoms with Gasteiger partial charge in [0, 0.05) is 27.3 Å². The van der Waals surface area contributed by atoms with E-state index in [2.05, 4.69) is 15.0 Å². The SMILES string of the molecule is COC1CN(c2nc(Cl)nc(OC(C)C)n2)CC1OC. The molecule has 0 radical (unpaired) electrons. The first-order valence-electron chi connectivity index (χ1n) is 6.42. The Morgan fingerprint density at radius 1 is 1.10 bits per heavy atom. The van der Waals surface area contributed by atoms with E-state index >= 15 is 0 Å². The summed E-state index contributed by atoms with van der Waals surface area (Å²) >= 11 is 5.92. The molecule has 8 heteroatoms. The fourth-order valence-corrected chi connectivity index (χ4v) is 2.23. The van der Waals surface area contributed by atoms with Gasteiger partial charge in [0.2, 0.25) is 11.2 Å². The Labute approximate surface area is 123 Å². The maximum atomic E-state index is 5.92. The highest BCUT2D eigenvalue weighted by Crippen LogP contribution is 2.23. The van der Waals surface area contributed by atoms with Crippen molar-refractivity contribution in [2.75, 3.05) is 32.2 Å². The van der Waals surface area contributed by atoms with Crippen LogP contribution in [0.25, 0.3) is 0 Å². The summed E-state index contributed by atoms with van der Waals surface area (Å²) in [7, 11) is 3.32. The minimum absolute atomic E-state index is 0.0231. The molecule has 0 saturated carbocycles. The van der Waals surface area contributed by atoms with Crippen molar-refractivity contribution in [3.05, 3.63) is 5.28 Å². The highest BCUT2D eigenvalue weighted by atomic mass is 35.5. The van der Waals surface area contributed by atoms with Gasteiger partial charge < -0.3 is 19.1 Å². The molecule has 0 N–H and O–H groups in total. The number of halogens is 1. The number of hydrogen-bond donors (Lipinski definition) is 0. The van der Waals surface area contributed by atoms with E-state index in [1.54, 1.807) is 14.2 Å². The second-order valence-electron chi connectivity index (χ2n) is 4.81. The van der Waals surface area contributed by atoms with Crippen molar-refractivity contribution in [3.8, 4) is 6.01 Å². The molecule has 1 aromatic rings. The van der Waals surface area contributed by atoms with Crippen LogP contribution in [0, 0.1) is 0 Å². The van der Waals surface area contributed by atoms with Crippen LogP contribution in [0.15, 0.2) is 0 Å². The second kappa shape index (κ2) is 6.51. The molecule has 2 rings (SSSR count). The summed E-state index contributed by atoms with van der Waals surface area (Å²) in [6.07, 6.45) is -0.0756. The molecule has 0 amide bonds. The molecule has 2 unspecified atom stereocenters. The van der Waals surface area contributed by atoms with Crippen molar-refractivity contribution in [2.45, 2.75) is 32.2 Å². The van der Waals surface area contributed by atoms with Crippen molar-refractivity contribution in [1.82, 2.24) is 15.0 Å². The number of hydrogen-bond acceptors (Lipinski definition) is 7. The summed E-state index contributed by atoms with van der Waals surface area (Å²) in [4.78, 5) is 14.3. The van der Waals surface area contributed by atoms with Crippen LogP contribution < -0.4 is 9.64 Å². The second-order valence-corrected chi connectivity index (χ2v) is 5.14. The fraction of sp³-hybridized carbons (Fsp3) is 0.750. The lowest BCUT2D eigenvalue weighted by atomic mass is 10.3. The molecule has 1 aromatic heterocycles. The van der Waals surface area contributed by atoms with Crippen LogP contribution in [-0.2, 0) is 9.47 Å². The first-order chi connectivity index (χ1) is 9.53. The molecule has 0 bridgehead atoms. The zero-order chi connectivity index (χ0) is 14.7. The molecule has 2 heterocycles. The van der Waals surface area contributed by atoms with Crippen LogP contribution in [0.4, 0.5) is 5.95 Å². The summed E-state index contributed by atoms with van der Waals surface area (Å²) in [6, 6.07) is 0.227. The van der Waals surface area contributed by atoms with Gasteiger partial charge in [0.05, 0.1) is 6.10 Å². The number of anilines is 1. The van der Waals surface area contributed by atoms with Crippen molar-refractivity contribution in [1.29, 1.82) is 0 Å². The molecule has 2 atom stereocenters. The largest absolute Gasteiger partial charge is 0.461 e. The summed E-state index contributed by atoms with van der Waals surface area (Å²) < 4.78 is 16.2. The molecule has 0 spiro atoms. The number of ether oxygens (including phenoxy) is 3. The van der Waals surface area contributed by atoms with Crippen LogP contribution >= 0.6 is 11.6 Å². The average molecular weight is 303 g/mol. The predicted molar refractivity (Wildman–Crippen MR) is 74.4 cm³/mol. The standard InChI is InChI=1S/C12H19ClN4O3/c1-7(2)20-12-15-10(13)14-11(16-12)17-5-8(18-3)9(6-17)19-4/h7-9H,5-6H2,1-4H3. The molecule has 1 aliphatic rings. The quantitative estimate of drug-likeness (QED) is 0.808. The lowest BCUT2D eigenvalue weighted by Gasteiger charge is -2.16. The Morgan fingerprint density at radius 2 is 1.70 bits per heavy atom. The number of nitrogens with zero attached hydrogens (tertiary/aromatic N) is 4. The average Bonchev–Trinajstić information content (AvgIpc) is 2.80. The van der Waals surface area contributed by atoms with Crippen LogP contribution in [0.2, 0.25) is 5.28 Å². The zero-order valence-corrected chi connectivity index (χ0v) is 12.8. The van der Waals surface area contributed by atoms with Gasteiger partial charge in [-0.05, 0) is 25.4 Å². The van der Waals surface area contributed by atoms with E-state index in [0.29, 0.717) is 19.0 Å². The lowest BCUT2D eigenvalue weighted by Crippen LogP contribution is -2.27. The van der Waals surface area contributed by atoms with Crippen molar-refractivity contribution >= 4 is 17.5 Å². The number of methoxy groups -OCH3 is 2. The first-order valence-corrected chi connectivity index (χ1v) is 6.80. The molecular formula is C12H19ClN4O3. The highest BCUT2D eigenvalue weighted by Gasteiger charge is 2.34. The van der Waals surface area contributed by atoms with Gasteiger partial charge in [-0.3, -0.25) is 0 Å². The molecule has 1 fully saturated rings. The Balaban J connectivity index is 2.18. The maximum Gasteiger partial charge on any atom is 0.322 e. The van der Waals surface area contributed by atoms with Gasteiger partial charge in [-0.15, -0.1) is 0 Å². The molecule has 1 aliphatic heterocycles. The van der Waals surface area contributed by atoms with Crippen molar-refractivity contribution in [2.24, 2.45) is 0 Å². The summed E-state index contributed by atoms with van der Waals surface area (Å²) in [5.41, 5.74) is 0. The van der Waals surface area contributed by atoms with E-state index in [4.69, 9.17) is 25.8 Å². The van der Waals surface area contributed by atoms with E-state index in [1.807, 2.05) is 18.7 Å². The smallest absolute Gasteiger partial charge is 0.322 e. The van der Waals surface area contributed by atoms with Gasteiger partial charge in [-0.2, -0.15) is 15.0 Å². The highest BCUT2D eigenvalue weighted by molar-refractivity contribution is 6.28. The molecule has 7 nitrogen and oxygen atoms in total. The molecular weight excluding hydrogens is 284 g/mol. The monoisotopic (exact) mass is 302 g/mol. The number of aromatic nitrogens is 3. The Kier molecular flexibility index (Phi) is 4.95. The summed E-state index contributed by atoms with van der Waals surface area (Å²) in [5, 5.41) is 0.112. The minimum atomic E-state index is -0.0293. The van der Waals surface area contributed by atoms with Crippen LogP contribution in [0.3, 0.4) is 0 Å². The molecule has 0 aromatic carbocycles. The lowest BCUT2D eigenvalue weighted by molar-refractivity contribution is -0.00461. The third-order valence-electron chi connectivity index (χ3n) is 3.02. The number of rotatable bonds is 5. The third-order valence-corrected chi connectivity index (χ3v) is 3.19. The topological polar surface area (TPSA) is 69.6 Å². The van der Waals surface area contributed by atoms with Crippen LogP contribution in [0.5, 0.6) is 6.01 Å². The summed E-state index contributed by atoms with van der Waals surface area (Å²) in [6.45, 7) is 5.07. The van der Waals surface area contributed by atoms with Gasteiger partial charge in [-0.1, -0.05) is 0 Å². The zero-order valence-electron chi connectivity index (χ0n) is 12.0. The Bertz CT molecular complexity index is 448. The molecule has 112 valence electrons. The van der Waals surface area contributed by atoms with Gasteiger partial charge in [0.1, 0.15) is 12.2 Å². The van der Waals surface area contributed by atoms with Gasteiger partial charge >= 0.3 is 6.01 Å². The predicted octanol–water partition coefficient (Wildman–Crippen LogP) is 1.16. The maximum absolute atomic E-state index is 5.92. The fourth-order valence-electron chi connectivity index (χ4n) is 2.09.